The lowest BCUT2D eigenvalue weighted by Gasteiger charge is -2.16. The lowest BCUT2D eigenvalue weighted by atomic mass is 10.2. The van der Waals surface area contributed by atoms with Gasteiger partial charge in [-0.1, -0.05) is 29.8 Å². The number of carbonyl (C=O) groups excluding carboxylic acids is 2. The average Bonchev–Trinajstić information content (AvgIpc) is 2.89. The SMILES string of the molecule is Cc1ccccc1NC(=O)C(C)OC(=O)c1cc(Cl)c2c(c1)OCCCO2. The van der Waals surface area contributed by atoms with Crippen molar-refractivity contribution in [3.8, 4) is 11.5 Å². The molecule has 1 amide bonds. The van der Waals surface area contributed by atoms with E-state index in [4.69, 9.17) is 25.8 Å². The van der Waals surface area contributed by atoms with Crippen molar-refractivity contribution in [1.82, 2.24) is 0 Å². The summed E-state index contributed by atoms with van der Waals surface area (Å²) in [4.78, 5) is 24.8. The Kier molecular flexibility index (Phi) is 5.86. The zero-order chi connectivity index (χ0) is 19.4. The van der Waals surface area contributed by atoms with Crippen LogP contribution in [0.4, 0.5) is 5.69 Å². The number of carbonyl (C=O) groups is 2. The van der Waals surface area contributed by atoms with E-state index in [2.05, 4.69) is 5.32 Å². The fourth-order valence-corrected chi connectivity index (χ4v) is 2.84. The van der Waals surface area contributed by atoms with Crippen molar-refractivity contribution < 1.29 is 23.8 Å². The average molecular weight is 390 g/mol. The van der Waals surface area contributed by atoms with E-state index < -0.39 is 18.0 Å². The van der Waals surface area contributed by atoms with Crippen LogP contribution in [0.5, 0.6) is 11.5 Å². The van der Waals surface area contributed by atoms with E-state index in [0.717, 1.165) is 12.0 Å². The molecule has 1 unspecified atom stereocenters. The van der Waals surface area contributed by atoms with Crippen molar-refractivity contribution >= 4 is 29.2 Å². The van der Waals surface area contributed by atoms with Crippen LogP contribution >= 0.6 is 11.6 Å². The van der Waals surface area contributed by atoms with Crippen LogP contribution in [0.25, 0.3) is 0 Å². The van der Waals surface area contributed by atoms with Gasteiger partial charge in [0.15, 0.2) is 17.6 Å². The van der Waals surface area contributed by atoms with Gasteiger partial charge in [0.05, 0.1) is 23.8 Å². The summed E-state index contributed by atoms with van der Waals surface area (Å²) in [6.45, 7) is 4.35. The molecule has 7 heteroatoms. The molecule has 0 aromatic heterocycles. The number of esters is 1. The molecule has 3 rings (SSSR count). The van der Waals surface area contributed by atoms with Crippen LogP contribution in [0.1, 0.15) is 29.3 Å². The maximum atomic E-state index is 12.4. The highest BCUT2D eigenvalue weighted by atomic mass is 35.5. The van der Waals surface area contributed by atoms with Crippen LogP contribution < -0.4 is 14.8 Å². The standard InChI is InChI=1S/C20H20ClNO5/c1-12-6-3-4-7-16(12)22-19(23)13(2)27-20(24)14-10-15(21)18-17(11-14)25-8-5-9-26-18/h3-4,6-7,10-11,13H,5,8-9H2,1-2H3,(H,22,23). The van der Waals surface area contributed by atoms with E-state index in [0.29, 0.717) is 30.4 Å². The Morgan fingerprint density at radius 1 is 1.19 bits per heavy atom. The molecular formula is C20H20ClNO5. The molecule has 142 valence electrons. The Morgan fingerprint density at radius 2 is 1.93 bits per heavy atom. The highest BCUT2D eigenvalue weighted by Gasteiger charge is 2.23. The number of fused-ring (bicyclic) bond motifs is 1. The van der Waals surface area contributed by atoms with E-state index in [1.54, 1.807) is 6.07 Å². The number of ether oxygens (including phenoxy) is 3. The second kappa shape index (κ2) is 8.31. The third-order valence-corrected chi connectivity index (χ3v) is 4.37. The van der Waals surface area contributed by atoms with Gasteiger partial charge in [0.1, 0.15) is 0 Å². The molecule has 0 saturated heterocycles. The van der Waals surface area contributed by atoms with Gasteiger partial charge in [-0.05, 0) is 37.6 Å². The summed E-state index contributed by atoms with van der Waals surface area (Å²) >= 11 is 6.20. The Bertz CT molecular complexity index is 867. The van der Waals surface area contributed by atoms with E-state index >= 15 is 0 Å². The Labute approximate surface area is 162 Å². The molecule has 2 aromatic carbocycles. The van der Waals surface area contributed by atoms with Crippen LogP contribution in [0.2, 0.25) is 5.02 Å². The van der Waals surface area contributed by atoms with Gasteiger partial charge in [-0.2, -0.15) is 0 Å². The molecule has 1 heterocycles. The number of para-hydroxylation sites is 1. The first kappa shape index (κ1) is 19.0. The van der Waals surface area contributed by atoms with E-state index in [1.165, 1.54) is 19.1 Å². The van der Waals surface area contributed by atoms with Crippen molar-refractivity contribution in [1.29, 1.82) is 0 Å². The number of rotatable bonds is 4. The second-order valence-corrected chi connectivity index (χ2v) is 6.59. The first-order chi connectivity index (χ1) is 13.0. The molecule has 6 nitrogen and oxygen atoms in total. The number of benzene rings is 2. The van der Waals surface area contributed by atoms with Gasteiger partial charge in [-0.25, -0.2) is 4.79 Å². The van der Waals surface area contributed by atoms with Crippen molar-refractivity contribution in [2.24, 2.45) is 0 Å². The van der Waals surface area contributed by atoms with Gasteiger partial charge in [-0.15, -0.1) is 0 Å². The smallest absolute Gasteiger partial charge is 0.339 e. The van der Waals surface area contributed by atoms with Crippen molar-refractivity contribution in [3.05, 3.63) is 52.5 Å². The Hall–Kier alpha value is -2.73. The van der Waals surface area contributed by atoms with Gasteiger partial charge in [0, 0.05) is 12.1 Å². The summed E-state index contributed by atoms with van der Waals surface area (Å²) in [5, 5.41) is 3.01. The molecule has 0 radical (unpaired) electrons. The maximum Gasteiger partial charge on any atom is 0.339 e. The fraction of sp³-hybridized carbons (Fsp3) is 0.300. The fourth-order valence-electron chi connectivity index (χ4n) is 2.58. The van der Waals surface area contributed by atoms with Crippen LogP contribution in [0, 0.1) is 6.92 Å². The minimum absolute atomic E-state index is 0.194. The summed E-state index contributed by atoms with van der Waals surface area (Å²) in [6.07, 6.45) is -0.257. The lowest BCUT2D eigenvalue weighted by molar-refractivity contribution is -0.123. The predicted molar refractivity (Wildman–Crippen MR) is 102 cm³/mol. The topological polar surface area (TPSA) is 73.9 Å². The van der Waals surface area contributed by atoms with Crippen LogP contribution in [0.3, 0.4) is 0 Å². The van der Waals surface area contributed by atoms with Gasteiger partial charge in [0.2, 0.25) is 0 Å². The van der Waals surface area contributed by atoms with Crippen molar-refractivity contribution in [3.63, 3.8) is 0 Å². The first-order valence-electron chi connectivity index (χ1n) is 8.62. The van der Waals surface area contributed by atoms with E-state index in [-0.39, 0.29) is 10.6 Å². The molecule has 1 atom stereocenters. The van der Waals surface area contributed by atoms with Crippen LogP contribution in [0.15, 0.2) is 36.4 Å². The summed E-state index contributed by atoms with van der Waals surface area (Å²) in [6, 6.07) is 10.3. The molecule has 1 aliphatic heterocycles. The number of hydrogen-bond acceptors (Lipinski definition) is 5. The molecule has 1 aliphatic rings. The largest absolute Gasteiger partial charge is 0.489 e. The molecule has 27 heavy (non-hydrogen) atoms. The van der Waals surface area contributed by atoms with Gasteiger partial charge in [-0.3, -0.25) is 4.79 Å². The van der Waals surface area contributed by atoms with Gasteiger partial charge in [0.25, 0.3) is 5.91 Å². The summed E-state index contributed by atoms with van der Waals surface area (Å²) in [7, 11) is 0. The molecular weight excluding hydrogens is 370 g/mol. The molecule has 0 spiro atoms. The third-order valence-electron chi connectivity index (χ3n) is 4.09. The summed E-state index contributed by atoms with van der Waals surface area (Å²) in [5.41, 5.74) is 1.78. The minimum Gasteiger partial charge on any atom is -0.489 e. The normalized spacial score (nSPS) is 14.0. The van der Waals surface area contributed by atoms with Crippen molar-refractivity contribution in [2.45, 2.75) is 26.4 Å². The van der Waals surface area contributed by atoms with Gasteiger partial charge >= 0.3 is 5.97 Å². The van der Waals surface area contributed by atoms with Gasteiger partial charge < -0.3 is 19.5 Å². The number of anilines is 1. The van der Waals surface area contributed by atoms with E-state index in [1.807, 2.05) is 25.1 Å². The maximum absolute atomic E-state index is 12.4. The Morgan fingerprint density at radius 3 is 2.70 bits per heavy atom. The number of nitrogens with one attached hydrogen (secondary N) is 1. The van der Waals surface area contributed by atoms with Crippen LogP contribution in [-0.2, 0) is 9.53 Å². The number of aryl methyl sites for hydroxylation is 1. The molecule has 1 N–H and O–H groups in total. The summed E-state index contributed by atoms with van der Waals surface area (Å²) < 4.78 is 16.4. The number of hydrogen-bond donors (Lipinski definition) is 1. The van der Waals surface area contributed by atoms with E-state index in [9.17, 15) is 9.59 Å². The third kappa shape index (κ3) is 4.52. The molecule has 0 fully saturated rings. The molecule has 2 aromatic rings. The molecule has 0 saturated carbocycles. The molecule has 0 aliphatic carbocycles. The zero-order valence-electron chi connectivity index (χ0n) is 15.1. The first-order valence-corrected chi connectivity index (χ1v) is 9.00. The molecule has 0 bridgehead atoms. The zero-order valence-corrected chi connectivity index (χ0v) is 15.8. The number of halogens is 1. The number of amides is 1. The lowest BCUT2D eigenvalue weighted by Crippen LogP contribution is -2.30. The predicted octanol–water partition coefficient (Wildman–Crippen LogP) is 3.99. The van der Waals surface area contributed by atoms with Crippen molar-refractivity contribution in [2.75, 3.05) is 18.5 Å². The monoisotopic (exact) mass is 389 g/mol. The highest BCUT2D eigenvalue weighted by Crippen LogP contribution is 2.38. The minimum atomic E-state index is -0.980. The Balaban J connectivity index is 1.69. The summed E-state index contributed by atoms with van der Waals surface area (Å²) in [5.74, 6) is -0.280. The van der Waals surface area contributed by atoms with Crippen LogP contribution in [-0.4, -0.2) is 31.2 Å². The quantitative estimate of drug-likeness (QED) is 0.800. The second-order valence-electron chi connectivity index (χ2n) is 6.19. The highest BCUT2D eigenvalue weighted by molar-refractivity contribution is 6.32.